The number of hydrogen-bond donors (Lipinski definition) is 0. The first-order valence-corrected chi connectivity index (χ1v) is 11.3. The second-order valence-corrected chi connectivity index (χ2v) is 9.35. The van der Waals surface area contributed by atoms with E-state index < -0.39 is 40.8 Å². The molecule has 0 bridgehead atoms. The molecule has 0 fully saturated rings. The molecule has 0 amide bonds. The lowest BCUT2D eigenvalue weighted by Gasteiger charge is -2.22. The Kier molecular flexibility index (Phi) is 8.45. The number of ether oxygens (including phenoxy) is 1. The van der Waals surface area contributed by atoms with Crippen LogP contribution in [0.4, 0.5) is 13.2 Å². The number of alkyl halides is 3. The number of rotatable bonds is 9. The molecule has 0 aromatic heterocycles. The first-order valence-electron chi connectivity index (χ1n) is 9.11. The first kappa shape index (κ1) is 24.4. The standard InChI is InChI=1S/C20H21BrF3NO4S/c1-2-3-11-29-19(26)14-25(30(27,28)18-9-7-17(21)8-10-18)13-15-5-4-6-16(12-15)20(22,23)24/h4-10,12H,2-3,11,13-14H2,1H3. The van der Waals surface area contributed by atoms with Crippen molar-refractivity contribution in [1.29, 1.82) is 0 Å². The molecule has 0 aliphatic heterocycles. The summed E-state index contributed by atoms with van der Waals surface area (Å²) in [5.41, 5.74) is -0.793. The van der Waals surface area contributed by atoms with Crippen molar-refractivity contribution >= 4 is 31.9 Å². The summed E-state index contributed by atoms with van der Waals surface area (Å²) in [4.78, 5) is 12.1. The summed E-state index contributed by atoms with van der Waals surface area (Å²) in [6, 6.07) is 10.1. The van der Waals surface area contributed by atoms with Gasteiger partial charge in [-0.2, -0.15) is 17.5 Å². The fourth-order valence-corrected chi connectivity index (χ4v) is 4.19. The van der Waals surface area contributed by atoms with E-state index in [0.29, 0.717) is 10.9 Å². The van der Waals surface area contributed by atoms with Gasteiger partial charge in [-0.3, -0.25) is 4.79 Å². The summed E-state index contributed by atoms with van der Waals surface area (Å²) in [6.07, 6.45) is -3.15. The van der Waals surface area contributed by atoms with E-state index in [2.05, 4.69) is 15.9 Å². The molecule has 5 nitrogen and oxygen atoms in total. The van der Waals surface area contributed by atoms with E-state index in [-0.39, 0.29) is 17.1 Å². The fraction of sp³-hybridized carbons (Fsp3) is 0.350. The summed E-state index contributed by atoms with van der Waals surface area (Å²) < 4.78 is 71.7. The molecule has 0 aliphatic rings. The average molecular weight is 508 g/mol. The Morgan fingerprint density at radius 3 is 2.40 bits per heavy atom. The molecule has 2 aromatic carbocycles. The lowest BCUT2D eigenvalue weighted by atomic mass is 10.1. The van der Waals surface area contributed by atoms with Crippen molar-refractivity contribution in [1.82, 2.24) is 4.31 Å². The van der Waals surface area contributed by atoms with Crippen LogP contribution in [-0.2, 0) is 32.3 Å². The molecule has 0 saturated carbocycles. The molecule has 0 aliphatic carbocycles. The quantitative estimate of drug-likeness (QED) is 0.353. The van der Waals surface area contributed by atoms with Gasteiger partial charge >= 0.3 is 12.1 Å². The highest BCUT2D eigenvalue weighted by atomic mass is 79.9. The summed E-state index contributed by atoms with van der Waals surface area (Å²) in [5.74, 6) is -0.767. The van der Waals surface area contributed by atoms with E-state index in [1.54, 1.807) is 0 Å². The Bertz CT molecular complexity index is 963. The molecular weight excluding hydrogens is 487 g/mol. The maximum atomic E-state index is 13.1. The SMILES string of the molecule is CCCCOC(=O)CN(Cc1cccc(C(F)(F)F)c1)S(=O)(=O)c1ccc(Br)cc1. The van der Waals surface area contributed by atoms with Crippen molar-refractivity contribution in [2.75, 3.05) is 13.2 Å². The van der Waals surface area contributed by atoms with Gasteiger partial charge in [0, 0.05) is 11.0 Å². The van der Waals surface area contributed by atoms with Crippen LogP contribution < -0.4 is 0 Å². The van der Waals surface area contributed by atoms with Crippen molar-refractivity contribution in [3.8, 4) is 0 Å². The smallest absolute Gasteiger partial charge is 0.416 e. The minimum Gasteiger partial charge on any atom is -0.465 e. The predicted molar refractivity (Wildman–Crippen MR) is 109 cm³/mol. The van der Waals surface area contributed by atoms with E-state index >= 15 is 0 Å². The maximum absolute atomic E-state index is 13.1. The van der Waals surface area contributed by atoms with Crippen LogP contribution in [0.3, 0.4) is 0 Å². The van der Waals surface area contributed by atoms with Crippen LogP contribution in [-0.4, -0.2) is 31.8 Å². The summed E-state index contributed by atoms with van der Waals surface area (Å²) in [5, 5.41) is 0. The molecule has 0 atom stereocenters. The second-order valence-electron chi connectivity index (χ2n) is 6.50. The third-order valence-corrected chi connectivity index (χ3v) is 6.47. The van der Waals surface area contributed by atoms with Gasteiger partial charge in [0.1, 0.15) is 6.54 Å². The molecule has 0 heterocycles. The predicted octanol–water partition coefficient (Wildman–Crippen LogP) is 5.00. The molecule has 164 valence electrons. The average Bonchev–Trinajstić information content (AvgIpc) is 2.67. The number of carbonyl (C=O) groups excluding carboxylic acids is 1. The van der Waals surface area contributed by atoms with Crippen LogP contribution in [0.5, 0.6) is 0 Å². The van der Waals surface area contributed by atoms with Gasteiger partial charge in [0.2, 0.25) is 10.0 Å². The monoisotopic (exact) mass is 507 g/mol. The van der Waals surface area contributed by atoms with Crippen LogP contribution in [0.1, 0.15) is 30.9 Å². The van der Waals surface area contributed by atoms with E-state index in [1.165, 1.54) is 36.4 Å². The molecule has 2 rings (SSSR count). The summed E-state index contributed by atoms with van der Waals surface area (Å²) in [7, 11) is -4.16. The third kappa shape index (κ3) is 6.82. The van der Waals surface area contributed by atoms with Gasteiger partial charge in [0.15, 0.2) is 0 Å². The Balaban J connectivity index is 2.34. The number of hydrogen-bond acceptors (Lipinski definition) is 4. The Morgan fingerprint density at radius 2 is 1.80 bits per heavy atom. The number of carbonyl (C=O) groups is 1. The zero-order valence-corrected chi connectivity index (χ0v) is 18.6. The van der Waals surface area contributed by atoms with Crippen LogP contribution >= 0.6 is 15.9 Å². The van der Waals surface area contributed by atoms with Gasteiger partial charge in [-0.05, 0) is 42.3 Å². The van der Waals surface area contributed by atoms with E-state index in [0.717, 1.165) is 22.9 Å². The number of halogens is 4. The highest BCUT2D eigenvalue weighted by Crippen LogP contribution is 2.30. The van der Waals surface area contributed by atoms with E-state index in [4.69, 9.17) is 4.74 Å². The summed E-state index contributed by atoms with van der Waals surface area (Å²) >= 11 is 3.22. The van der Waals surface area contributed by atoms with Gasteiger partial charge < -0.3 is 4.74 Å². The lowest BCUT2D eigenvalue weighted by Crippen LogP contribution is -2.36. The Labute approximate surface area is 182 Å². The largest absolute Gasteiger partial charge is 0.465 e. The number of esters is 1. The van der Waals surface area contributed by atoms with Crippen molar-refractivity contribution in [2.45, 2.75) is 37.4 Å². The van der Waals surface area contributed by atoms with Crippen molar-refractivity contribution in [2.24, 2.45) is 0 Å². The second kappa shape index (κ2) is 10.4. The zero-order valence-electron chi connectivity index (χ0n) is 16.2. The molecule has 0 unspecified atom stereocenters. The van der Waals surface area contributed by atoms with Crippen molar-refractivity contribution in [3.05, 3.63) is 64.1 Å². The van der Waals surface area contributed by atoms with Gasteiger partial charge in [-0.25, -0.2) is 8.42 Å². The number of sulfonamides is 1. The zero-order chi connectivity index (χ0) is 22.4. The van der Waals surface area contributed by atoms with Crippen LogP contribution in [0.15, 0.2) is 57.9 Å². The fourth-order valence-electron chi connectivity index (χ4n) is 2.55. The lowest BCUT2D eigenvalue weighted by molar-refractivity contribution is -0.144. The summed E-state index contributed by atoms with van der Waals surface area (Å²) in [6.45, 7) is 1.03. The van der Waals surface area contributed by atoms with E-state index in [1.807, 2.05) is 6.92 Å². The number of unbranched alkanes of at least 4 members (excludes halogenated alkanes) is 1. The minimum atomic E-state index is -4.56. The molecule has 10 heteroatoms. The molecule has 0 radical (unpaired) electrons. The van der Waals surface area contributed by atoms with Gasteiger partial charge in [-0.15, -0.1) is 0 Å². The highest BCUT2D eigenvalue weighted by molar-refractivity contribution is 9.10. The van der Waals surface area contributed by atoms with Crippen LogP contribution in [0, 0.1) is 0 Å². The molecule has 2 aromatic rings. The molecule has 0 spiro atoms. The highest BCUT2D eigenvalue weighted by Gasteiger charge is 2.32. The molecule has 30 heavy (non-hydrogen) atoms. The van der Waals surface area contributed by atoms with Crippen molar-refractivity contribution < 1.29 is 31.1 Å². The third-order valence-electron chi connectivity index (χ3n) is 4.13. The van der Waals surface area contributed by atoms with Gasteiger partial charge in [0.05, 0.1) is 17.1 Å². The van der Waals surface area contributed by atoms with Crippen LogP contribution in [0.2, 0.25) is 0 Å². The number of benzene rings is 2. The minimum absolute atomic E-state index is 0.0842. The topological polar surface area (TPSA) is 63.7 Å². The molecular formula is C20H21BrF3NO4S. The van der Waals surface area contributed by atoms with Gasteiger partial charge in [-0.1, -0.05) is 47.5 Å². The molecule has 0 saturated heterocycles. The maximum Gasteiger partial charge on any atom is 0.416 e. The normalized spacial score (nSPS) is 12.2. The number of nitrogens with zero attached hydrogens (tertiary/aromatic N) is 1. The Hall–Kier alpha value is -1.91. The van der Waals surface area contributed by atoms with E-state index in [9.17, 15) is 26.4 Å². The van der Waals surface area contributed by atoms with Crippen molar-refractivity contribution in [3.63, 3.8) is 0 Å². The van der Waals surface area contributed by atoms with Gasteiger partial charge in [0.25, 0.3) is 0 Å². The first-order chi connectivity index (χ1) is 14.0. The molecule has 0 N–H and O–H groups in total. The van der Waals surface area contributed by atoms with Crippen LogP contribution in [0.25, 0.3) is 0 Å². The Morgan fingerprint density at radius 1 is 1.13 bits per heavy atom.